The standard InChI is InChI=1S/C8H14N4OS/c1-4-10-8-11-6(9)5(14-8)7(13)12(2)3/h4,9H2,1-3H3,(H,10,11). The summed E-state index contributed by atoms with van der Waals surface area (Å²) in [5.41, 5.74) is 5.62. The van der Waals surface area contributed by atoms with Gasteiger partial charge in [-0.05, 0) is 6.92 Å². The van der Waals surface area contributed by atoms with Crippen LogP contribution in [-0.4, -0.2) is 36.4 Å². The van der Waals surface area contributed by atoms with Crippen LogP contribution in [-0.2, 0) is 0 Å². The summed E-state index contributed by atoms with van der Waals surface area (Å²) in [6, 6.07) is 0. The van der Waals surface area contributed by atoms with E-state index in [1.807, 2.05) is 6.92 Å². The predicted octanol–water partition coefficient (Wildman–Crippen LogP) is 0.859. The number of nitrogens with one attached hydrogen (secondary N) is 1. The summed E-state index contributed by atoms with van der Waals surface area (Å²) in [6.07, 6.45) is 0. The van der Waals surface area contributed by atoms with E-state index in [2.05, 4.69) is 10.3 Å². The Bertz CT molecular complexity index is 334. The molecule has 0 saturated heterocycles. The van der Waals surface area contributed by atoms with E-state index in [4.69, 9.17) is 5.73 Å². The molecule has 1 amide bonds. The van der Waals surface area contributed by atoms with Crippen LogP contribution in [0.1, 0.15) is 16.6 Å². The van der Waals surface area contributed by atoms with Crippen LogP contribution in [0.15, 0.2) is 0 Å². The summed E-state index contributed by atoms with van der Waals surface area (Å²) >= 11 is 1.28. The molecule has 0 atom stereocenters. The molecule has 3 N–H and O–H groups in total. The lowest BCUT2D eigenvalue weighted by molar-refractivity contribution is 0.0833. The zero-order valence-corrected chi connectivity index (χ0v) is 9.31. The van der Waals surface area contributed by atoms with Crippen molar-refractivity contribution in [2.24, 2.45) is 0 Å². The van der Waals surface area contributed by atoms with Crippen LogP contribution in [0, 0.1) is 0 Å². The van der Waals surface area contributed by atoms with Crippen molar-refractivity contribution >= 4 is 28.2 Å². The number of carbonyl (C=O) groups excluding carboxylic acids is 1. The first kappa shape index (κ1) is 10.8. The molecular weight excluding hydrogens is 200 g/mol. The van der Waals surface area contributed by atoms with Crippen molar-refractivity contribution in [3.63, 3.8) is 0 Å². The largest absolute Gasteiger partial charge is 0.382 e. The summed E-state index contributed by atoms with van der Waals surface area (Å²) in [5.74, 6) is 0.189. The van der Waals surface area contributed by atoms with E-state index >= 15 is 0 Å². The Balaban J connectivity index is 2.92. The van der Waals surface area contributed by atoms with Gasteiger partial charge in [-0.2, -0.15) is 0 Å². The van der Waals surface area contributed by atoms with E-state index in [9.17, 15) is 4.79 Å². The first-order chi connectivity index (χ1) is 6.56. The highest BCUT2D eigenvalue weighted by atomic mass is 32.1. The van der Waals surface area contributed by atoms with Crippen LogP contribution in [0.4, 0.5) is 10.9 Å². The van der Waals surface area contributed by atoms with Crippen molar-refractivity contribution in [3.8, 4) is 0 Å². The van der Waals surface area contributed by atoms with Crippen LogP contribution in [0.25, 0.3) is 0 Å². The normalized spacial score (nSPS) is 9.93. The fourth-order valence-corrected chi connectivity index (χ4v) is 1.89. The van der Waals surface area contributed by atoms with E-state index in [1.54, 1.807) is 14.1 Å². The molecule has 78 valence electrons. The van der Waals surface area contributed by atoms with Gasteiger partial charge < -0.3 is 16.0 Å². The Morgan fingerprint density at radius 1 is 1.64 bits per heavy atom. The quantitative estimate of drug-likeness (QED) is 0.782. The van der Waals surface area contributed by atoms with Gasteiger partial charge in [0, 0.05) is 20.6 Å². The van der Waals surface area contributed by atoms with Crippen LogP contribution in [0.3, 0.4) is 0 Å². The summed E-state index contributed by atoms with van der Waals surface area (Å²) in [5, 5.41) is 3.71. The first-order valence-electron chi connectivity index (χ1n) is 4.28. The zero-order valence-electron chi connectivity index (χ0n) is 8.50. The molecule has 6 heteroatoms. The number of nitrogens with zero attached hydrogens (tertiary/aromatic N) is 2. The number of carbonyl (C=O) groups is 1. The van der Waals surface area contributed by atoms with Crippen molar-refractivity contribution < 1.29 is 4.79 Å². The summed E-state index contributed by atoms with van der Waals surface area (Å²) < 4.78 is 0. The average molecular weight is 214 g/mol. The highest BCUT2D eigenvalue weighted by molar-refractivity contribution is 7.18. The Kier molecular flexibility index (Phi) is 3.29. The molecule has 0 saturated carbocycles. The fraction of sp³-hybridized carbons (Fsp3) is 0.500. The highest BCUT2D eigenvalue weighted by Gasteiger charge is 2.17. The second kappa shape index (κ2) is 4.28. The molecular formula is C8H14N4OS. The lowest BCUT2D eigenvalue weighted by atomic mass is 10.4. The third-order valence-corrected chi connectivity index (χ3v) is 2.60. The van der Waals surface area contributed by atoms with Gasteiger partial charge in [0.25, 0.3) is 5.91 Å². The minimum absolute atomic E-state index is 0.107. The zero-order chi connectivity index (χ0) is 10.7. The molecule has 0 fully saturated rings. The molecule has 5 nitrogen and oxygen atoms in total. The molecule has 0 aliphatic heterocycles. The number of nitrogens with two attached hydrogens (primary N) is 1. The van der Waals surface area contributed by atoms with E-state index in [-0.39, 0.29) is 5.91 Å². The molecule has 0 spiro atoms. The van der Waals surface area contributed by atoms with E-state index in [0.29, 0.717) is 15.8 Å². The van der Waals surface area contributed by atoms with Crippen molar-refractivity contribution in [2.75, 3.05) is 31.7 Å². The molecule has 0 unspecified atom stereocenters. The number of amides is 1. The van der Waals surface area contributed by atoms with Crippen LogP contribution in [0.2, 0.25) is 0 Å². The van der Waals surface area contributed by atoms with Crippen molar-refractivity contribution in [1.82, 2.24) is 9.88 Å². The average Bonchev–Trinajstić information content (AvgIpc) is 2.46. The topological polar surface area (TPSA) is 71.2 Å². The van der Waals surface area contributed by atoms with E-state index in [1.165, 1.54) is 16.2 Å². The third kappa shape index (κ3) is 2.14. The number of anilines is 2. The maximum absolute atomic E-state index is 11.6. The molecule has 1 aromatic heterocycles. The minimum atomic E-state index is -0.107. The van der Waals surface area contributed by atoms with Crippen LogP contribution in [0.5, 0.6) is 0 Å². The monoisotopic (exact) mass is 214 g/mol. The maximum Gasteiger partial charge on any atom is 0.267 e. The molecule has 1 rings (SSSR count). The summed E-state index contributed by atoms with van der Waals surface area (Å²) in [7, 11) is 3.38. The minimum Gasteiger partial charge on any atom is -0.382 e. The SMILES string of the molecule is CCNc1nc(N)c(C(=O)N(C)C)s1. The Labute approximate surface area is 86.9 Å². The van der Waals surface area contributed by atoms with Gasteiger partial charge in [-0.1, -0.05) is 11.3 Å². The summed E-state index contributed by atoms with van der Waals surface area (Å²) in [4.78, 5) is 17.6. The molecule has 0 aliphatic rings. The van der Waals surface area contributed by atoms with Gasteiger partial charge >= 0.3 is 0 Å². The van der Waals surface area contributed by atoms with Crippen molar-refractivity contribution in [1.29, 1.82) is 0 Å². The second-order valence-electron chi connectivity index (χ2n) is 2.96. The number of hydrogen-bond acceptors (Lipinski definition) is 5. The van der Waals surface area contributed by atoms with Gasteiger partial charge in [-0.3, -0.25) is 4.79 Å². The summed E-state index contributed by atoms with van der Waals surface area (Å²) in [6.45, 7) is 2.73. The molecule has 0 bridgehead atoms. The molecule has 0 aliphatic carbocycles. The Morgan fingerprint density at radius 3 is 2.79 bits per heavy atom. The van der Waals surface area contributed by atoms with Crippen LogP contribution < -0.4 is 11.1 Å². The third-order valence-electron chi connectivity index (χ3n) is 1.58. The van der Waals surface area contributed by atoms with Gasteiger partial charge in [0.2, 0.25) is 0 Å². The van der Waals surface area contributed by atoms with Gasteiger partial charge in [0.05, 0.1) is 0 Å². The van der Waals surface area contributed by atoms with Gasteiger partial charge in [-0.25, -0.2) is 4.98 Å². The molecule has 1 heterocycles. The highest BCUT2D eigenvalue weighted by Crippen LogP contribution is 2.25. The Morgan fingerprint density at radius 2 is 2.29 bits per heavy atom. The van der Waals surface area contributed by atoms with Gasteiger partial charge in [0.15, 0.2) is 5.13 Å². The molecule has 1 aromatic rings. The smallest absolute Gasteiger partial charge is 0.267 e. The van der Waals surface area contributed by atoms with E-state index in [0.717, 1.165) is 6.54 Å². The number of aromatic nitrogens is 1. The van der Waals surface area contributed by atoms with Gasteiger partial charge in [-0.15, -0.1) is 0 Å². The lowest BCUT2D eigenvalue weighted by Gasteiger charge is -2.07. The fourth-order valence-electron chi connectivity index (χ4n) is 0.915. The van der Waals surface area contributed by atoms with Crippen molar-refractivity contribution in [2.45, 2.75) is 6.92 Å². The Hall–Kier alpha value is -1.30. The number of hydrogen-bond donors (Lipinski definition) is 2. The molecule has 0 radical (unpaired) electrons. The first-order valence-corrected chi connectivity index (χ1v) is 5.09. The van der Waals surface area contributed by atoms with Gasteiger partial charge in [0.1, 0.15) is 10.7 Å². The van der Waals surface area contributed by atoms with Crippen LogP contribution >= 0.6 is 11.3 Å². The number of rotatable bonds is 3. The molecule has 0 aromatic carbocycles. The number of nitrogen functional groups attached to an aromatic ring is 1. The molecule has 14 heavy (non-hydrogen) atoms. The van der Waals surface area contributed by atoms with Crippen molar-refractivity contribution in [3.05, 3.63) is 4.88 Å². The number of thiazole rings is 1. The van der Waals surface area contributed by atoms with E-state index < -0.39 is 0 Å². The maximum atomic E-state index is 11.6. The second-order valence-corrected chi connectivity index (χ2v) is 3.96. The predicted molar refractivity (Wildman–Crippen MR) is 58.7 cm³/mol. The lowest BCUT2D eigenvalue weighted by Crippen LogP contribution is -2.21.